The number of rotatable bonds is 0. The third-order valence-electron chi connectivity index (χ3n) is 1.58. The van der Waals surface area contributed by atoms with Crippen LogP contribution in [0.15, 0.2) is 0 Å². The molecule has 1 rings (SSSR count). The number of hydrogen-bond donors (Lipinski definition) is 2. The van der Waals surface area contributed by atoms with Gasteiger partial charge in [-0.05, 0) is 12.5 Å². The standard InChI is InChI=1S/C5H12N2.2ClH/c1-4-2-7-3-5(4)6;;/h4-5,7H,2-3,6H2,1H3;2*1H/t4-,5-;;/m0../s1. The Morgan fingerprint density at radius 1 is 1.33 bits per heavy atom. The molecule has 0 radical (unpaired) electrons. The molecule has 0 aliphatic carbocycles. The second-order valence-electron chi connectivity index (χ2n) is 2.30. The molecule has 1 saturated heterocycles. The monoisotopic (exact) mass is 172 g/mol. The van der Waals surface area contributed by atoms with E-state index in [1.165, 1.54) is 0 Å². The van der Waals surface area contributed by atoms with Gasteiger partial charge >= 0.3 is 0 Å². The molecule has 1 aliphatic rings. The lowest BCUT2D eigenvalue weighted by Crippen LogP contribution is -2.26. The van der Waals surface area contributed by atoms with Gasteiger partial charge in [-0.2, -0.15) is 0 Å². The lowest BCUT2D eigenvalue weighted by molar-refractivity contribution is 0.565. The van der Waals surface area contributed by atoms with Crippen molar-refractivity contribution in [3.8, 4) is 0 Å². The van der Waals surface area contributed by atoms with Gasteiger partial charge in [0.1, 0.15) is 0 Å². The number of hydrogen-bond acceptors (Lipinski definition) is 2. The molecule has 0 spiro atoms. The first kappa shape index (κ1) is 12.2. The lowest BCUT2D eigenvalue weighted by Gasteiger charge is -2.03. The van der Waals surface area contributed by atoms with E-state index in [2.05, 4.69) is 12.2 Å². The molecule has 3 N–H and O–H groups in total. The highest BCUT2D eigenvalue weighted by atomic mass is 35.5. The van der Waals surface area contributed by atoms with Crippen molar-refractivity contribution in [2.24, 2.45) is 11.7 Å². The fourth-order valence-corrected chi connectivity index (χ4v) is 0.830. The lowest BCUT2D eigenvalue weighted by atomic mass is 10.1. The summed E-state index contributed by atoms with van der Waals surface area (Å²) in [6.45, 7) is 4.27. The Bertz CT molecular complexity index is 62.0. The van der Waals surface area contributed by atoms with Crippen LogP contribution in [0.3, 0.4) is 0 Å². The van der Waals surface area contributed by atoms with Gasteiger partial charge in [0.15, 0.2) is 0 Å². The van der Waals surface area contributed by atoms with Crippen LogP contribution in [0.4, 0.5) is 0 Å². The minimum absolute atomic E-state index is 0. The highest BCUT2D eigenvalue weighted by molar-refractivity contribution is 5.85. The highest BCUT2D eigenvalue weighted by Crippen LogP contribution is 2.02. The molecule has 1 heterocycles. The molecule has 0 aromatic heterocycles. The Kier molecular flexibility index (Phi) is 7.18. The maximum Gasteiger partial charge on any atom is 0.0203 e. The molecule has 0 bridgehead atoms. The molecule has 2 nitrogen and oxygen atoms in total. The molecule has 0 aromatic carbocycles. The summed E-state index contributed by atoms with van der Waals surface area (Å²) in [5.41, 5.74) is 5.62. The molecule has 0 amide bonds. The van der Waals surface area contributed by atoms with Gasteiger partial charge in [0.25, 0.3) is 0 Å². The first-order valence-electron chi connectivity index (χ1n) is 2.77. The first-order valence-corrected chi connectivity index (χ1v) is 2.77. The zero-order valence-electron chi connectivity index (χ0n) is 5.46. The Morgan fingerprint density at radius 2 is 1.89 bits per heavy atom. The van der Waals surface area contributed by atoms with Crippen molar-refractivity contribution in [2.75, 3.05) is 13.1 Å². The molecule has 0 saturated carbocycles. The topological polar surface area (TPSA) is 38.0 Å². The Labute approximate surface area is 68.4 Å². The largest absolute Gasteiger partial charge is 0.326 e. The van der Waals surface area contributed by atoms with Gasteiger partial charge in [-0.25, -0.2) is 0 Å². The predicted octanol–water partition coefficient (Wildman–Crippen LogP) is 0.397. The summed E-state index contributed by atoms with van der Waals surface area (Å²) in [7, 11) is 0. The van der Waals surface area contributed by atoms with E-state index in [-0.39, 0.29) is 24.8 Å². The number of nitrogens with one attached hydrogen (secondary N) is 1. The molecule has 1 fully saturated rings. The van der Waals surface area contributed by atoms with Crippen LogP contribution in [-0.4, -0.2) is 19.1 Å². The Hall–Kier alpha value is 0.500. The molecule has 58 valence electrons. The van der Waals surface area contributed by atoms with Crippen LogP contribution in [0, 0.1) is 5.92 Å². The van der Waals surface area contributed by atoms with Crippen molar-refractivity contribution >= 4 is 24.8 Å². The molecule has 4 heteroatoms. The van der Waals surface area contributed by atoms with Gasteiger partial charge in [-0.1, -0.05) is 6.92 Å². The molecule has 1 aliphatic heterocycles. The third kappa shape index (κ3) is 3.26. The maximum absolute atomic E-state index is 5.62. The summed E-state index contributed by atoms with van der Waals surface area (Å²) in [5.74, 6) is 0.681. The number of halogens is 2. The van der Waals surface area contributed by atoms with Crippen LogP contribution >= 0.6 is 24.8 Å². The van der Waals surface area contributed by atoms with Gasteiger partial charge in [0.05, 0.1) is 0 Å². The Morgan fingerprint density at radius 3 is 2.00 bits per heavy atom. The van der Waals surface area contributed by atoms with Crippen molar-refractivity contribution in [1.29, 1.82) is 0 Å². The fourth-order valence-electron chi connectivity index (χ4n) is 0.830. The van der Waals surface area contributed by atoms with Crippen LogP contribution in [0.1, 0.15) is 6.92 Å². The van der Waals surface area contributed by atoms with E-state index in [9.17, 15) is 0 Å². The first-order chi connectivity index (χ1) is 3.30. The molecular formula is C5H14Cl2N2. The Balaban J connectivity index is 0. The third-order valence-corrected chi connectivity index (χ3v) is 1.58. The highest BCUT2D eigenvalue weighted by Gasteiger charge is 2.17. The van der Waals surface area contributed by atoms with E-state index in [0.29, 0.717) is 12.0 Å². The smallest absolute Gasteiger partial charge is 0.0203 e. The van der Waals surface area contributed by atoms with Crippen molar-refractivity contribution in [1.82, 2.24) is 5.32 Å². The second kappa shape index (κ2) is 5.30. The van der Waals surface area contributed by atoms with E-state index in [0.717, 1.165) is 13.1 Å². The maximum atomic E-state index is 5.62. The normalized spacial score (nSPS) is 32.7. The molecule has 2 atom stereocenters. The van der Waals surface area contributed by atoms with E-state index in [1.807, 2.05) is 0 Å². The van der Waals surface area contributed by atoms with E-state index in [1.54, 1.807) is 0 Å². The zero-order chi connectivity index (χ0) is 5.28. The van der Waals surface area contributed by atoms with Gasteiger partial charge in [-0.15, -0.1) is 24.8 Å². The molecule has 0 aromatic rings. The van der Waals surface area contributed by atoms with Crippen molar-refractivity contribution in [3.05, 3.63) is 0 Å². The molecular weight excluding hydrogens is 159 g/mol. The zero-order valence-corrected chi connectivity index (χ0v) is 7.10. The van der Waals surface area contributed by atoms with E-state index < -0.39 is 0 Å². The summed E-state index contributed by atoms with van der Waals surface area (Å²) >= 11 is 0. The van der Waals surface area contributed by atoms with Crippen LogP contribution < -0.4 is 11.1 Å². The second-order valence-corrected chi connectivity index (χ2v) is 2.30. The molecule has 9 heavy (non-hydrogen) atoms. The summed E-state index contributed by atoms with van der Waals surface area (Å²) in [6.07, 6.45) is 0. The average Bonchev–Trinajstić information content (AvgIpc) is 1.91. The number of nitrogens with two attached hydrogens (primary N) is 1. The fraction of sp³-hybridized carbons (Fsp3) is 1.00. The quantitative estimate of drug-likeness (QED) is 0.556. The van der Waals surface area contributed by atoms with Crippen molar-refractivity contribution < 1.29 is 0 Å². The summed E-state index contributed by atoms with van der Waals surface area (Å²) in [6, 6.07) is 0.403. The van der Waals surface area contributed by atoms with Crippen molar-refractivity contribution in [3.63, 3.8) is 0 Å². The summed E-state index contributed by atoms with van der Waals surface area (Å²) in [4.78, 5) is 0. The van der Waals surface area contributed by atoms with Gasteiger partial charge in [-0.3, -0.25) is 0 Å². The van der Waals surface area contributed by atoms with Gasteiger partial charge < -0.3 is 11.1 Å². The van der Waals surface area contributed by atoms with Crippen molar-refractivity contribution in [2.45, 2.75) is 13.0 Å². The summed E-state index contributed by atoms with van der Waals surface area (Å²) in [5, 5.41) is 3.20. The van der Waals surface area contributed by atoms with Crippen LogP contribution in [0.5, 0.6) is 0 Å². The summed E-state index contributed by atoms with van der Waals surface area (Å²) < 4.78 is 0. The van der Waals surface area contributed by atoms with Gasteiger partial charge in [0, 0.05) is 12.6 Å². The SMILES string of the molecule is C[C@H]1CNC[C@@H]1N.Cl.Cl. The minimum atomic E-state index is 0. The average molecular weight is 173 g/mol. The van der Waals surface area contributed by atoms with Gasteiger partial charge in [0.2, 0.25) is 0 Å². The van der Waals surface area contributed by atoms with E-state index in [4.69, 9.17) is 5.73 Å². The van der Waals surface area contributed by atoms with E-state index >= 15 is 0 Å². The molecule has 0 unspecified atom stereocenters. The van der Waals surface area contributed by atoms with Crippen LogP contribution in [0.2, 0.25) is 0 Å². The predicted molar refractivity (Wildman–Crippen MR) is 44.5 cm³/mol. The minimum Gasteiger partial charge on any atom is -0.326 e. The van der Waals surface area contributed by atoms with Crippen LogP contribution in [0.25, 0.3) is 0 Å². The van der Waals surface area contributed by atoms with Crippen LogP contribution in [-0.2, 0) is 0 Å².